The van der Waals surface area contributed by atoms with Gasteiger partial charge in [0.05, 0.1) is 12.7 Å². The van der Waals surface area contributed by atoms with E-state index in [1.165, 1.54) is 7.11 Å². The van der Waals surface area contributed by atoms with Crippen LogP contribution in [0.1, 0.15) is 53.2 Å². The van der Waals surface area contributed by atoms with E-state index in [0.29, 0.717) is 5.56 Å². The molecule has 0 atom stereocenters. The molecule has 3 nitrogen and oxygen atoms in total. The number of unbranched alkanes of at least 4 members (excludes halogenated alkanes) is 2. The first-order chi connectivity index (χ1) is 11.6. The summed E-state index contributed by atoms with van der Waals surface area (Å²) in [6, 6.07) is 12.3. The van der Waals surface area contributed by atoms with Crippen molar-refractivity contribution in [3.8, 4) is 17.6 Å². The van der Waals surface area contributed by atoms with Crippen LogP contribution in [0.25, 0.3) is 0 Å². The number of carbonyl (C=O) groups is 1. The number of aromatic hydroxyl groups is 1. The second kappa shape index (κ2) is 8.79. The first-order valence-electron chi connectivity index (χ1n) is 8.16. The van der Waals surface area contributed by atoms with Crippen molar-refractivity contribution in [3.05, 3.63) is 64.7 Å². The Morgan fingerprint density at radius 3 is 2.50 bits per heavy atom. The molecule has 3 heteroatoms. The molecule has 0 aromatic heterocycles. The second-order valence-electron chi connectivity index (χ2n) is 5.62. The SMILES string of the molecule is CCCCCc1cc(O)ccc1C#Cc1ccc(C(=O)OC)cc1. The lowest BCUT2D eigenvalue weighted by atomic mass is 10.0. The van der Waals surface area contributed by atoms with Gasteiger partial charge in [-0.05, 0) is 60.9 Å². The molecular formula is C21H22O3. The minimum atomic E-state index is -0.355. The van der Waals surface area contributed by atoms with Gasteiger partial charge in [0, 0.05) is 11.1 Å². The normalized spacial score (nSPS) is 9.92. The van der Waals surface area contributed by atoms with Crippen molar-refractivity contribution >= 4 is 5.97 Å². The summed E-state index contributed by atoms with van der Waals surface area (Å²) < 4.78 is 4.68. The van der Waals surface area contributed by atoms with E-state index in [4.69, 9.17) is 0 Å². The van der Waals surface area contributed by atoms with E-state index >= 15 is 0 Å². The fourth-order valence-electron chi connectivity index (χ4n) is 2.42. The lowest BCUT2D eigenvalue weighted by Gasteiger charge is -2.05. The van der Waals surface area contributed by atoms with Crippen molar-refractivity contribution in [2.75, 3.05) is 7.11 Å². The van der Waals surface area contributed by atoms with E-state index in [1.54, 1.807) is 36.4 Å². The van der Waals surface area contributed by atoms with Crippen LogP contribution in [0, 0.1) is 11.8 Å². The van der Waals surface area contributed by atoms with Crippen LogP contribution < -0.4 is 0 Å². The zero-order valence-corrected chi connectivity index (χ0v) is 14.1. The zero-order valence-electron chi connectivity index (χ0n) is 14.1. The number of esters is 1. The third-order valence-corrected chi connectivity index (χ3v) is 3.79. The predicted molar refractivity (Wildman–Crippen MR) is 95.1 cm³/mol. The number of hydrogen-bond acceptors (Lipinski definition) is 3. The average Bonchev–Trinajstić information content (AvgIpc) is 2.61. The molecule has 0 radical (unpaired) electrons. The van der Waals surface area contributed by atoms with E-state index in [1.807, 2.05) is 6.07 Å². The molecule has 0 aliphatic carbocycles. The average molecular weight is 322 g/mol. The number of aryl methyl sites for hydroxylation is 1. The topological polar surface area (TPSA) is 46.5 Å². The van der Waals surface area contributed by atoms with Crippen molar-refractivity contribution in [2.24, 2.45) is 0 Å². The van der Waals surface area contributed by atoms with Gasteiger partial charge < -0.3 is 9.84 Å². The van der Waals surface area contributed by atoms with Crippen molar-refractivity contribution in [2.45, 2.75) is 32.6 Å². The number of carbonyl (C=O) groups excluding carboxylic acids is 1. The monoisotopic (exact) mass is 322 g/mol. The minimum Gasteiger partial charge on any atom is -0.508 e. The molecule has 0 saturated heterocycles. The summed E-state index contributed by atoms with van der Waals surface area (Å²) in [5, 5.41) is 9.69. The zero-order chi connectivity index (χ0) is 17.4. The van der Waals surface area contributed by atoms with Gasteiger partial charge >= 0.3 is 5.97 Å². The molecule has 0 fully saturated rings. The molecule has 0 aliphatic heterocycles. The molecule has 0 aliphatic rings. The maximum absolute atomic E-state index is 11.4. The summed E-state index contributed by atoms with van der Waals surface area (Å²) >= 11 is 0. The molecular weight excluding hydrogens is 300 g/mol. The minimum absolute atomic E-state index is 0.273. The van der Waals surface area contributed by atoms with Gasteiger partial charge in [-0.15, -0.1) is 0 Å². The molecule has 1 N–H and O–H groups in total. The summed E-state index contributed by atoms with van der Waals surface area (Å²) in [6.07, 6.45) is 4.32. The molecule has 0 heterocycles. The summed E-state index contributed by atoms with van der Waals surface area (Å²) in [5.74, 6) is 6.20. The van der Waals surface area contributed by atoms with Crippen LogP contribution in [0.3, 0.4) is 0 Å². The number of ether oxygens (including phenoxy) is 1. The van der Waals surface area contributed by atoms with E-state index in [-0.39, 0.29) is 11.7 Å². The summed E-state index contributed by atoms with van der Waals surface area (Å²) in [7, 11) is 1.36. The largest absolute Gasteiger partial charge is 0.508 e. The van der Waals surface area contributed by atoms with Gasteiger partial charge in [-0.25, -0.2) is 4.79 Å². The van der Waals surface area contributed by atoms with Crippen LogP contribution in [-0.4, -0.2) is 18.2 Å². The number of rotatable bonds is 5. The predicted octanol–water partition coefficient (Wildman–Crippen LogP) is 4.31. The molecule has 2 aromatic rings. The van der Waals surface area contributed by atoms with Gasteiger partial charge in [0.25, 0.3) is 0 Å². The molecule has 124 valence electrons. The van der Waals surface area contributed by atoms with Gasteiger partial charge in [0.15, 0.2) is 0 Å². The third kappa shape index (κ3) is 4.89. The summed E-state index contributed by atoms with van der Waals surface area (Å²) in [5.41, 5.74) is 3.34. The Labute approximate surface area is 143 Å². The highest BCUT2D eigenvalue weighted by molar-refractivity contribution is 5.89. The Balaban J connectivity index is 2.19. The van der Waals surface area contributed by atoms with Crippen LogP contribution in [0.2, 0.25) is 0 Å². The Morgan fingerprint density at radius 2 is 1.83 bits per heavy atom. The fourth-order valence-corrected chi connectivity index (χ4v) is 2.42. The van der Waals surface area contributed by atoms with Crippen molar-refractivity contribution in [1.29, 1.82) is 0 Å². The van der Waals surface area contributed by atoms with E-state index in [0.717, 1.165) is 42.4 Å². The van der Waals surface area contributed by atoms with Crippen LogP contribution >= 0.6 is 0 Å². The summed E-state index contributed by atoms with van der Waals surface area (Å²) in [6.45, 7) is 2.17. The smallest absolute Gasteiger partial charge is 0.337 e. The highest BCUT2D eigenvalue weighted by atomic mass is 16.5. The Bertz CT molecular complexity index is 749. The number of benzene rings is 2. The molecule has 0 spiro atoms. The van der Waals surface area contributed by atoms with E-state index in [2.05, 4.69) is 23.5 Å². The van der Waals surface area contributed by atoms with Crippen LogP contribution in [0.5, 0.6) is 5.75 Å². The van der Waals surface area contributed by atoms with Crippen molar-refractivity contribution in [3.63, 3.8) is 0 Å². The van der Waals surface area contributed by atoms with Gasteiger partial charge in [0.2, 0.25) is 0 Å². The first kappa shape index (κ1) is 17.6. The number of phenols is 1. The first-order valence-corrected chi connectivity index (χ1v) is 8.16. The molecule has 0 bridgehead atoms. The van der Waals surface area contributed by atoms with Gasteiger partial charge in [0.1, 0.15) is 5.75 Å². The highest BCUT2D eigenvalue weighted by Crippen LogP contribution is 2.18. The Morgan fingerprint density at radius 1 is 1.08 bits per heavy atom. The van der Waals surface area contributed by atoms with Gasteiger partial charge in [-0.1, -0.05) is 31.6 Å². The summed E-state index contributed by atoms with van der Waals surface area (Å²) in [4.78, 5) is 11.4. The van der Waals surface area contributed by atoms with E-state index < -0.39 is 0 Å². The fraction of sp³-hybridized carbons (Fsp3) is 0.286. The Hall–Kier alpha value is -2.73. The molecule has 0 amide bonds. The second-order valence-corrected chi connectivity index (χ2v) is 5.62. The highest BCUT2D eigenvalue weighted by Gasteiger charge is 2.04. The number of hydrogen-bond donors (Lipinski definition) is 1. The molecule has 24 heavy (non-hydrogen) atoms. The lowest BCUT2D eigenvalue weighted by molar-refractivity contribution is 0.0600. The van der Waals surface area contributed by atoms with Crippen molar-refractivity contribution in [1.82, 2.24) is 0 Å². The quantitative estimate of drug-likeness (QED) is 0.507. The standard InChI is InChI=1S/C21H22O3/c1-3-4-5-6-19-15-20(22)14-13-17(19)10-7-16-8-11-18(12-9-16)21(23)24-2/h8-9,11-15,22H,3-6H2,1-2H3. The maximum Gasteiger partial charge on any atom is 0.337 e. The van der Waals surface area contributed by atoms with Crippen LogP contribution in [-0.2, 0) is 11.2 Å². The molecule has 2 rings (SSSR count). The molecule has 2 aromatic carbocycles. The Kier molecular flexibility index (Phi) is 6.45. The lowest BCUT2D eigenvalue weighted by Crippen LogP contribution is -2.00. The van der Waals surface area contributed by atoms with Crippen molar-refractivity contribution < 1.29 is 14.6 Å². The van der Waals surface area contributed by atoms with Crippen LogP contribution in [0.15, 0.2) is 42.5 Å². The molecule has 0 unspecified atom stereocenters. The molecule has 0 saturated carbocycles. The van der Waals surface area contributed by atoms with Crippen LogP contribution in [0.4, 0.5) is 0 Å². The maximum atomic E-state index is 11.4. The third-order valence-electron chi connectivity index (χ3n) is 3.79. The number of phenolic OH excluding ortho intramolecular Hbond substituents is 1. The van der Waals surface area contributed by atoms with Gasteiger partial charge in [-0.2, -0.15) is 0 Å². The van der Waals surface area contributed by atoms with E-state index in [9.17, 15) is 9.90 Å². The van der Waals surface area contributed by atoms with Gasteiger partial charge in [-0.3, -0.25) is 0 Å². The number of methoxy groups -OCH3 is 1.